The monoisotopic (exact) mass is 295 g/mol. The molecule has 1 aliphatic heterocycles. The maximum Gasteiger partial charge on any atom is 0.257 e. The van der Waals surface area contributed by atoms with E-state index in [2.05, 4.69) is 29.4 Å². The number of hydrogen-bond donors (Lipinski definition) is 2. The fourth-order valence-corrected chi connectivity index (χ4v) is 2.79. The van der Waals surface area contributed by atoms with E-state index in [-0.39, 0.29) is 5.91 Å². The molecule has 0 radical (unpaired) electrons. The number of rotatable bonds is 6. The Morgan fingerprint density at radius 3 is 2.71 bits per heavy atom. The van der Waals surface area contributed by atoms with Crippen molar-refractivity contribution in [2.45, 2.75) is 51.0 Å². The maximum absolute atomic E-state index is 12.5. The minimum absolute atomic E-state index is 0.143. The number of aromatic nitrogens is 2. The summed E-state index contributed by atoms with van der Waals surface area (Å²) in [5, 5.41) is 10.1. The normalized spacial score (nSPS) is 17.9. The number of nitrogens with one attached hydrogen (secondary N) is 2. The van der Waals surface area contributed by atoms with E-state index in [4.69, 9.17) is 9.47 Å². The van der Waals surface area contributed by atoms with E-state index < -0.39 is 5.60 Å². The van der Waals surface area contributed by atoms with Crippen molar-refractivity contribution in [1.82, 2.24) is 10.2 Å². The van der Waals surface area contributed by atoms with Gasteiger partial charge >= 0.3 is 0 Å². The van der Waals surface area contributed by atoms with Crippen LogP contribution in [-0.2, 0) is 14.3 Å². The van der Waals surface area contributed by atoms with Crippen LogP contribution in [0.1, 0.15) is 51.1 Å². The molecule has 2 rings (SSSR count). The van der Waals surface area contributed by atoms with Crippen LogP contribution in [0, 0.1) is 0 Å². The van der Waals surface area contributed by atoms with Crippen LogP contribution in [0.15, 0.2) is 6.07 Å². The lowest BCUT2D eigenvalue weighted by molar-refractivity contribution is -0.149. The first kappa shape index (κ1) is 16.0. The highest BCUT2D eigenvalue weighted by atomic mass is 16.5. The molecule has 0 bridgehead atoms. The van der Waals surface area contributed by atoms with Crippen LogP contribution in [0.5, 0.6) is 0 Å². The second-order valence-electron chi connectivity index (χ2n) is 5.49. The highest BCUT2D eigenvalue weighted by molar-refractivity contribution is 5.96. The summed E-state index contributed by atoms with van der Waals surface area (Å²) in [4.78, 5) is 12.5. The van der Waals surface area contributed by atoms with Crippen molar-refractivity contribution in [2.24, 2.45) is 0 Å². The molecule has 0 aliphatic carbocycles. The zero-order valence-corrected chi connectivity index (χ0v) is 13.1. The van der Waals surface area contributed by atoms with Crippen LogP contribution < -0.4 is 5.32 Å². The van der Waals surface area contributed by atoms with Gasteiger partial charge in [0.15, 0.2) is 11.4 Å². The van der Waals surface area contributed by atoms with Gasteiger partial charge in [0.1, 0.15) is 0 Å². The number of methoxy groups -OCH3 is 1. The first-order chi connectivity index (χ1) is 10.1. The Bertz CT molecular complexity index is 462. The van der Waals surface area contributed by atoms with Crippen molar-refractivity contribution < 1.29 is 14.3 Å². The van der Waals surface area contributed by atoms with Gasteiger partial charge in [-0.1, -0.05) is 13.8 Å². The number of carbonyl (C=O) groups is 1. The van der Waals surface area contributed by atoms with E-state index in [1.165, 1.54) is 0 Å². The van der Waals surface area contributed by atoms with E-state index in [9.17, 15) is 4.79 Å². The molecular formula is C15H25N3O3. The van der Waals surface area contributed by atoms with E-state index in [1.54, 1.807) is 7.11 Å². The van der Waals surface area contributed by atoms with Crippen molar-refractivity contribution in [1.29, 1.82) is 0 Å². The molecule has 1 saturated heterocycles. The molecule has 21 heavy (non-hydrogen) atoms. The van der Waals surface area contributed by atoms with Crippen LogP contribution in [0.3, 0.4) is 0 Å². The third kappa shape index (κ3) is 3.44. The van der Waals surface area contributed by atoms with Crippen LogP contribution in [0.25, 0.3) is 0 Å². The third-order valence-corrected chi connectivity index (χ3v) is 4.37. The second kappa shape index (κ2) is 7.04. The Morgan fingerprint density at radius 1 is 1.48 bits per heavy atom. The van der Waals surface area contributed by atoms with Gasteiger partial charge in [0.25, 0.3) is 5.91 Å². The largest absolute Gasteiger partial charge is 0.381 e. The predicted octanol–water partition coefficient (Wildman–Crippen LogP) is 2.45. The number of aromatic amines is 1. The van der Waals surface area contributed by atoms with Gasteiger partial charge in [-0.15, -0.1) is 0 Å². The van der Waals surface area contributed by atoms with Crippen LogP contribution in [-0.4, -0.2) is 42.0 Å². The minimum atomic E-state index is -0.799. The molecular weight excluding hydrogens is 270 g/mol. The zero-order valence-electron chi connectivity index (χ0n) is 13.1. The highest BCUT2D eigenvalue weighted by Crippen LogP contribution is 2.27. The quantitative estimate of drug-likeness (QED) is 0.845. The Kier molecular flexibility index (Phi) is 5.36. The van der Waals surface area contributed by atoms with Crippen LogP contribution in [0.4, 0.5) is 5.82 Å². The number of nitrogens with zero attached hydrogens (tertiary/aromatic N) is 1. The Balaban J connectivity index is 2.05. The second-order valence-corrected chi connectivity index (χ2v) is 5.49. The molecule has 0 unspecified atom stereocenters. The zero-order chi connectivity index (χ0) is 15.3. The highest BCUT2D eigenvalue weighted by Gasteiger charge is 2.40. The first-order valence-corrected chi connectivity index (χ1v) is 7.64. The number of carbonyl (C=O) groups excluding carboxylic acids is 1. The summed E-state index contributed by atoms with van der Waals surface area (Å²) in [5.74, 6) is 0.864. The number of amides is 1. The first-order valence-electron chi connectivity index (χ1n) is 7.64. The summed E-state index contributed by atoms with van der Waals surface area (Å²) in [6, 6.07) is 1.91. The summed E-state index contributed by atoms with van der Waals surface area (Å²) in [7, 11) is 1.57. The number of hydrogen-bond acceptors (Lipinski definition) is 4. The van der Waals surface area contributed by atoms with Crippen molar-refractivity contribution in [3.05, 3.63) is 11.8 Å². The van der Waals surface area contributed by atoms with Crippen molar-refractivity contribution in [3.63, 3.8) is 0 Å². The van der Waals surface area contributed by atoms with Gasteiger partial charge in [-0.25, -0.2) is 0 Å². The molecule has 1 aromatic rings. The van der Waals surface area contributed by atoms with E-state index in [0.29, 0.717) is 37.8 Å². The van der Waals surface area contributed by atoms with Crippen LogP contribution in [0.2, 0.25) is 0 Å². The molecule has 2 heterocycles. The molecule has 1 aromatic heterocycles. The van der Waals surface area contributed by atoms with Crippen molar-refractivity contribution >= 4 is 11.7 Å². The summed E-state index contributed by atoms with van der Waals surface area (Å²) < 4.78 is 10.8. The Morgan fingerprint density at radius 2 is 2.14 bits per heavy atom. The standard InChI is InChI=1S/C15H25N3O3/c1-4-11(5-2)12-10-13(18-17-12)16-14(19)15(20-3)6-8-21-9-7-15/h10-11H,4-9H2,1-3H3,(H2,16,17,18,19). The average Bonchev–Trinajstić information content (AvgIpc) is 2.97. The topological polar surface area (TPSA) is 76.2 Å². The molecule has 1 aliphatic rings. The smallest absolute Gasteiger partial charge is 0.257 e. The average molecular weight is 295 g/mol. The number of ether oxygens (including phenoxy) is 2. The fraction of sp³-hybridized carbons (Fsp3) is 0.733. The lowest BCUT2D eigenvalue weighted by atomic mass is 9.93. The molecule has 6 nitrogen and oxygen atoms in total. The molecule has 0 atom stereocenters. The van der Waals surface area contributed by atoms with Gasteiger partial charge in [0.05, 0.1) is 0 Å². The fourth-order valence-electron chi connectivity index (χ4n) is 2.79. The van der Waals surface area contributed by atoms with Gasteiger partial charge in [0, 0.05) is 50.8 Å². The maximum atomic E-state index is 12.5. The Labute approximate surface area is 125 Å². The van der Waals surface area contributed by atoms with Crippen molar-refractivity contribution in [2.75, 3.05) is 25.6 Å². The summed E-state index contributed by atoms with van der Waals surface area (Å²) in [6.07, 6.45) is 3.23. The number of H-pyrrole nitrogens is 1. The lowest BCUT2D eigenvalue weighted by Gasteiger charge is -2.33. The molecule has 0 spiro atoms. The molecule has 6 heteroatoms. The molecule has 0 aromatic carbocycles. The summed E-state index contributed by atoms with van der Waals surface area (Å²) in [6.45, 7) is 5.38. The van der Waals surface area contributed by atoms with E-state index >= 15 is 0 Å². The van der Waals surface area contributed by atoms with Gasteiger partial charge in [-0.2, -0.15) is 5.10 Å². The predicted molar refractivity (Wildman–Crippen MR) is 80.3 cm³/mol. The van der Waals surface area contributed by atoms with E-state index in [1.807, 2.05) is 6.07 Å². The van der Waals surface area contributed by atoms with Gasteiger partial charge in [-0.3, -0.25) is 9.89 Å². The van der Waals surface area contributed by atoms with Gasteiger partial charge < -0.3 is 14.8 Å². The molecule has 2 N–H and O–H groups in total. The SMILES string of the molecule is CCC(CC)c1cc(NC(=O)C2(OC)CCOCC2)n[nH]1. The molecule has 0 saturated carbocycles. The van der Waals surface area contributed by atoms with Crippen molar-refractivity contribution in [3.8, 4) is 0 Å². The lowest BCUT2D eigenvalue weighted by Crippen LogP contribution is -2.48. The summed E-state index contributed by atoms with van der Waals surface area (Å²) in [5.41, 5.74) is 0.264. The Hall–Kier alpha value is -1.40. The minimum Gasteiger partial charge on any atom is -0.381 e. The molecule has 118 valence electrons. The van der Waals surface area contributed by atoms with Gasteiger partial charge in [0.2, 0.25) is 0 Å². The number of anilines is 1. The van der Waals surface area contributed by atoms with Gasteiger partial charge in [-0.05, 0) is 12.8 Å². The third-order valence-electron chi connectivity index (χ3n) is 4.37. The molecule has 1 fully saturated rings. The summed E-state index contributed by atoms with van der Waals surface area (Å²) >= 11 is 0. The van der Waals surface area contributed by atoms with Crippen LogP contribution >= 0.6 is 0 Å². The molecule has 1 amide bonds. The van der Waals surface area contributed by atoms with E-state index in [0.717, 1.165) is 18.5 Å².